The Morgan fingerprint density at radius 1 is 1.40 bits per heavy atom. The van der Waals surface area contributed by atoms with E-state index < -0.39 is 5.60 Å². The van der Waals surface area contributed by atoms with E-state index in [-0.39, 0.29) is 5.91 Å². The number of halogens is 1. The van der Waals surface area contributed by atoms with Crippen LogP contribution in [-0.2, 0) is 0 Å². The van der Waals surface area contributed by atoms with Gasteiger partial charge in [0, 0.05) is 11.0 Å². The van der Waals surface area contributed by atoms with E-state index in [0.717, 1.165) is 25.7 Å². The van der Waals surface area contributed by atoms with E-state index >= 15 is 0 Å². The molecule has 1 aromatic carbocycles. The van der Waals surface area contributed by atoms with E-state index in [1.54, 1.807) is 25.3 Å². The largest absolute Gasteiger partial charge is 0.497 e. The first-order valence-corrected chi connectivity index (χ1v) is 7.67. The van der Waals surface area contributed by atoms with Crippen molar-refractivity contribution in [1.82, 2.24) is 5.32 Å². The molecule has 0 unspecified atom stereocenters. The number of carbonyl (C=O) groups is 1. The fourth-order valence-corrected chi connectivity index (χ4v) is 3.07. The van der Waals surface area contributed by atoms with Crippen molar-refractivity contribution in [2.45, 2.75) is 37.7 Å². The molecule has 1 saturated carbocycles. The number of benzene rings is 1. The summed E-state index contributed by atoms with van der Waals surface area (Å²) < 4.78 is 5.78. The first-order chi connectivity index (χ1) is 9.54. The standard InChI is InChI=1S/C15H20BrNO3/c1-20-11-5-6-12(13(16)9-11)14(18)17-10-15(19)7-3-2-4-8-15/h5-6,9,19H,2-4,7-8,10H2,1H3,(H,17,18). The monoisotopic (exact) mass is 341 g/mol. The summed E-state index contributed by atoms with van der Waals surface area (Å²) in [6, 6.07) is 5.21. The van der Waals surface area contributed by atoms with Crippen molar-refractivity contribution in [2.75, 3.05) is 13.7 Å². The van der Waals surface area contributed by atoms with Gasteiger partial charge in [-0.1, -0.05) is 19.3 Å². The zero-order chi connectivity index (χ0) is 14.6. The van der Waals surface area contributed by atoms with Gasteiger partial charge in [0.25, 0.3) is 5.91 Å². The van der Waals surface area contributed by atoms with Crippen LogP contribution in [0.3, 0.4) is 0 Å². The normalized spacial score (nSPS) is 17.6. The fraction of sp³-hybridized carbons (Fsp3) is 0.533. The molecule has 0 radical (unpaired) electrons. The second-order valence-corrected chi connectivity index (χ2v) is 6.17. The minimum atomic E-state index is -0.743. The van der Waals surface area contributed by atoms with Gasteiger partial charge in [0.05, 0.1) is 18.3 Å². The van der Waals surface area contributed by atoms with Crippen LogP contribution in [0.2, 0.25) is 0 Å². The summed E-state index contributed by atoms with van der Waals surface area (Å²) in [5.41, 5.74) is -0.197. The van der Waals surface area contributed by atoms with Gasteiger partial charge in [-0.05, 0) is 47.0 Å². The zero-order valence-corrected chi connectivity index (χ0v) is 13.2. The molecule has 1 fully saturated rings. The Balaban J connectivity index is 1.98. The predicted molar refractivity (Wildman–Crippen MR) is 81.1 cm³/mol. The highest BCUT2D eigenvalue weighted by molar-refractivity contribution is 9.10. The van der Waals surface area contributed by atoms with Gasteiger partial charge in [-0.3, -0.25) is 4.79 Å². The van der Waals surface area contributed by atoms with Gasteiger partial charge >= 0.3 is 0 Å². The van der Waals surface area contributed by atoms with Crippen molar-refractivity contribution in [3.8, 4) is 5.75 Å². The molecule has 0 aliphatic heterocycles. The summed E-state index contributed by atoms with van der Waals surface area (Å²) in [6.45, 7) is 0.310. The molecule has 110 valence electrons. The zero-order valence-electron chi connectivity index (χ0n) is 11.6. The highest BCUT2D eigenvalue weighted by Crippen LogP contribution is 2.28. The summed E-state index contributed by atoms with van der Waals surface area (Å²) in [5.74, 6) is 0.512. The average Bonchev–Trinajstić information content (AvgIpc) is 2.45. The molecule has 1 amide bonds. The lowest BCUT2D eigenvalue weighted by molar-refractivity contribution is 0.00525. The Morgan fingerprint density at radius 2 is 2.10 bits per heavy atom. The molecule has 0 aromatic heterocycles. The van der Waals surface area contributed by atoms with Gasteiger partial charge in [0.2, 0.25) is 0 Å². The maximum atomic E-state index is 12.2. The average molecular weight is 342 g/mol. The van der Waals surface area contributed by atoms with Crippen LogP contribution in [0.5, 0.6) is 5.75 Å². The lowest BCUT2D eigenvalue weighted by atomic mass is 9.85. The Labute approximate surface area is 127 Å². The number of ether oxygens (including phenoxy) is 1. The van der Waals surface area contributed by atoms with E-state index in [0.29, 0.717) is 22.3 Å². The Kier molecular flexibility index (Phi) is 5.05. The molecule has 2 rings (SSSR count). The maximum absolute atomic E-state index is 12.2. The van der Waals surface area contributed by atoms with Crippen LogP contribution >= 0.6 is 15.9 Å². The van der Waals surface area contributed by atoms with E-state index in [4.69, 9.17) is 4.74 Å². The van der Waals surface area contributed by atoms with Crippen molar-refractivity contribution in [3.63, 3.8) is 0 Å². The van der Waals surface area contributed by atoms with E-state index in [2.05, 4.69) is 21.2 Å². The molecular formula is C15H20BrNO3. The van der Waals surface area contributed by atoms with Gasteiger partial charge in [-0.25, -0.2) is 0 Å². The third kappa shape index (κ3) is 3.73. The third-order valence-corrected chi connectivity index (χ3v) is 4.44. The first-order valence-electron chi connectivity index (χ1n) is 6.88. The van der Waals surface area contributed by atoms with Crippen LogP contribution in [-0.4, -0.2) is 30.3 Å². The topological polar surface area (TPSA) is 58.6 Å². The van der Waals surface area contributed by atoms with Gasteiger partial charge in [-0.15, -0.1) is 0 Å². The lowest BCUT2D eigenvalue weighted by Crippen LogP contribution is -2.44. The number of amides is 1. The maximum Gasteiger partial charge on any atom is 0.252 e. The highest BCUT2D eigenvalue weighted by Gasteiger charge is 2.29. The molecule has 1 aliphatic carbocycles. The molecule has 1 aromatic rings. The van der Waals surface area contributed by atoms with Gasteiger partial charge in [0.1, 0.15) is 5.75 Å². The number of hydrogen-bond acceptors (Lipinski definition) is 3. The quantitative estimate of drug-likeness (QED) is 0.885. The van der Waals surface area contributed by atoms with Gasteiger partial charge in [0.15, 0.2) is 0 Å². The number of rotatable bonds is 4. The van der Waals surface area contributed by atoms with Crippen molar-refractivity contribution >= 4 is 21.8 Å². The summed E-state index contributed by atoms with van der Waals surface area (Å²) in [7, 11) is 1.58. The van der Waals surface area contributed by atoms with E-state index in [1.807, 2.05) is 0 Å². The number of carbonyl (C=O) groups excluding carboxylic acids is 1. The molecular weight excluding hydrogens is 322 g/mol. The SMILES string of the molecule is COc1ccc(C(=O)NCC2(O)CCCCC2)c(Br)c1. The molecule has 5 heteroatoms. The molecule has 2 N–H and O–H groups in total. The van der Waals surface area contributed by atoms with E-state index in [9.17, 15) is 9.90 Å². The summed E-state index contributed by atoms with van der Waals surface area (Å²) >= 11 is 3.36. The second kappa shape index (κ2) is 6.59. The van der Waals surface area contributed by atoms with Crippen LogP contribution < -0.4 is 10.1 Å². The summed E-state index contributed by atoms with van der Waals surface area (Å²) in [5, 5.41) is 13.2. The molecule has 0 heterocycles. The second-order valence-electron chi connectivity index (χ2n) is 5.31. The van der Waals surface area contributed by atoms with Crippen LogP contribution in [0.25, 0.3) is 0 Å². The minimum Gasteiger partial charge on any atom is -0.497 e. The number of methoxy groups -OCH3 is 1. The molecule has 0 bridgehead atoms. The van der Waals surface area contributed by atoms with Crippen molar-refractivity contribution in [3.05, 3.63) is 28.2 Å². The Morgan fingerprint density at radius 3 is 2.70 bits per heavy atom. The molecule has 4 nitrogen and oxygen atoms in total. The first kappa shape index (κ1) is 15.3. The smallest absolute Gasteiger partial charge is 0.252 e. The van der Waals surface area contributed by atoms with Crippen LogP contribution in [0.1, 0.15) is 42.5 Å². The predicted octanol–water partition coefficient (Wildman–Crippen LogP) is 2.88. The van der Waals surface area contributed by atoms with Crippen LogP contribution in [0.15, 0.2) is 22.7 Å². The third-order valence-electron chi connectivity index (χ3n) is 3.78. The minimum absolute atomic E-state index is 0.182. The molecule has 0 saturated heterocycles. The van der Waals surface area contributed by atoms with Crippen molar-refractivity contribution in [2.24, 2.45) is 0 Å². The van der Waals surface area contributed by atoms with Crippen molar-refractivity contribution in [1.29, 1.82) is 0 Å². The summed E-state index contributed by atoms with van der Waals surface area (Å²) in [6.07, 6.45) is 4.74. The van der Waals surface area contributed by atoms with E-state index in [1.165, 1.54) is 6.42 Å². The molecule has 20 heavy (non-hydrogen) atoms. The lowest BCUT2D eigenvalue weighted by Gasteiger charge is -2.32. The van der Waals surface area contributed by atoms with Crippen molar-refractivity contribution < 1.29 is 14.6 Å². The molecule has 0 spiro atoms. The molecule has 0 atom stereocenters. The Hall–Kier alpha value is -1.07. The van der Waals surface area contributed by atoms with Gasteiger partial charge in [-0.2, -0.15) is 0 Å². The number of nitrogens with one attached hydrogen (secondary N) is 1. The Bertz CT molecular complexity index is 484. The van der Waals surface area contributed by atoms with Crippen LogP contribution in [0, 0.1) is 0 Å². The van der Waals surface area contributed by atoms with Crippen LogP contribution in [0.4, 0.5) is 0 Å². The molecule has 1 aliphatic rings. The fourth-order valence-electron chi connectivity index (χ4n) is 2.53. The highest BCUT2D eigenvalue weighted by atomic mass is 79.9. The summed E-state index contributed by atoms with van der Waals surface area (Å²) in [4.78, 5) is 12.2. The number of hydrogen-bond donors (Lipinski definition) is 2. The van der Waals surface area contributed by atoms with Gasteiger partial charge < -0.3 is 15.2 Å². The number of aliphatic hydroxyl groups is 1.